The summed E-state index contributed by atoms with van der Waals surface area (Å²) in [6, 6.07) is 1.97. The minimum atomic E-state index is -0.268. The summed E-state index contributed by atoms with van der Waals surface area (Å²) in [6.07, 6.45) is 3.34. The van der Waals surface area contributed by atoms with Crippen molar-refractivity contribution in [3.8, 4) is 11.4 Å². The molecular formula is C20H23ClN6O3. The summed E-state index contributed by atoms with van der Waals surface area (Å²) in [5.41, 5.74) is 3.28. The number of amides is 1. The number of hydrogen-bond acceptors (Lipinski definition) is 6. The first-order valence-corrected chi connectivity index (χ1v) is 10.3. The topological polar surface area (TPSA) is 88.5 Å². The smallest absolute Gasteiger partial charge is 0.410 e. The summed E-state index contributed by atoms with van der Waals surface area (Å²) in [5, 5.41) is 1.48. The highest BCUT2D eigenvalue weighted by atomic mass is 35.5. The van der Waals surface area contributed by atoms with Crippen LogP contribution in [0.2, 0.25) is 5.02 Å². The summed E-state index contributed by atoms with van der Waals surface area (Å²) >= 11 is 6.79. The van der Waals surface area contributed by atoms with Gasteiger partial charge in [0.2, 0.25) is 0 Å². The van der Waals surface area contributed by atoms with E-state index in [1.807, 2.05) is 30.8 Å². The molecule has 2 saturated heterocycles. The predicted molar refractivity (Wildman–Crippen MR) is 113 cm³/mol. The molecular weight excluding hydrogens is 408 g/mol. The lowest BCUT2D eigenvalue weighted by atomic mass is 10.2. The quantitative estimate of drug-likeness (QED) is 0.687. The molecule has 158 valence electrons. The van der Waals surface area contributed by atoms with Gasteiger partial charge in [0.15, 0.2) is 6.10 Å². The molecule has 0 aliphatic carbocycles. The second-order valence-electron chi connectivity index (χ2n) is 7.67. The van der Waals surface area contributed by atoms with Gasteiger partial charge in [0, 0.05) is 45.6 Å². The molecule has 0 aromatic carbocycles. The number of aryl methyl sites for hydroxylation is 2. The molecule has 0 radical (unpaired) electrons. The Bertz CT molecular complexity index is 1080. The molecule has 10 heteroatoms. The third kappa shape index (κ3) is 3.27. The van der Waals surface area contributed by atoms with Crippen LogP contribution in [-0.4, -0.2) is 76.0 Å². The Morgan fingerprint density at radius 3 is 2.70 bits per heavy atom. The van der Waals surface area contributed by atoms with Gasteiger partial charge < -0.3 is 28.8 Å². The number of hydrogen-bond donors (Lipinski definition) is 1. The van der Waals surface area contributed by atoms with Crippen LogP contribution in [-0.2, 0) is 16.5 Å². The molecule has 30 heavy (non-hydrogen) atoms. The van der Waals surface area contributed by atoms with E-state index in [0.717, 1.165) is 33.9 Å². The van der Waals surface area contributed by atoms with E-state index in [-0.39, 0.29) is 12.2 Å². The van der Waals surface area contributed by atoms with Crippen molar-refractivity contribution >= 4 is 34.4 Å². The Kier molecular flexibility index (Phi) is 4.79. The number of ether oxygens (including phenoxy) is 2. The molecule has 0 saturated carbocycles. The van der Waals surface area contributed by atoms with Gasteiger partial charge in [-0.1, -0.05) is 11.6 Å². The van der Waals surface area contributed by atoms with E-state index < -0.39 is 0 Å². The maximum Gasteiger partial charge on any atom is 0.410 e. The van der Waals surface area contributed by atoms with Crippen molar-refractivity contribution in [2.45, 2.75) is 13.0 Å². The van der Waals surface area contributed by atoms with Crippen LogP contribution in [0.3, 0.4) is 0 Å². The Balaban J connectivity index is 1.38. The molecule has 0 spiro atoms. The van der Waals surface area contributed by atoms with Crippen LogP contribution in [0.25, 0.3) is 22.4 Å². The molecule has 0 bridgehead atoms. The van der Waals surface area contributed by atoms with Crippen molar-refractivity contribution in [2.75, 3.05) is 44.3 Å². The number of fused-ring (bicyclic) bond motifs is 1. The number of nitrogens with zero attached hydrogens (tertiary/aromatic N) is 5. The van der Waals surface area contributed by atoms with Crippen molar-refractivity contribution < 1.29 is 14.3 Å². The zero-order valence-corrected chi connectivity index (χ0v) is 17.6. The summed E-state index contributed by atoms with van der Waals surface area (Å²) < 4.78 is 12.4. The van der Waals surface area contributed by atoms with Gasteiger partial charge in [-0.25, -0.2) is 14.8 Å². The van der Waals surface area contributed by atoms with Crippen LogP contribution in [0.1, 0.15) is 5.82 Å². The van der Waals surface area contributed by atoms with Crippen molar-refractivity contribution in [2.24, 2.45) is 7.05 Å². The molecule has 2 aliphatic heterocycles. The highest BCUT2D eigenvalue weighted by Gasteiger charge is 2.29. The third-order valence-electron chi connectivity index (χ3n) is 5.73. The van der Waals surface area contributed by atoms with Gasteiger partial charge in [-0.3, -0.25) is 0 Å². The second kappa shape index (κ2) is 7.48. The molecule has 1 amide bonds. The molecule has 3 aromatic rings. The number of aromatic nitrogens is 4. The molecule has 1 N–H and O–H groups in total. The number of rotatable bonds is 3. The standard InChI is InChI=1S/C20H23ClN6O3/c1-12-23-14(9-25(12)2)18-17(21)16-15(3-4-22-19(16)24-18)26-5-7-27(8-6-26)20(28)30-13-10-29-11-13/h3-4,9,13H,5-8,10-11H2,1-2H3,(H,22,24). The van der Waals surface area contributed by atoms with E-state index in [9.17, 15) is 4.79 Å². The molecule has 9 nitrogen and oxygen atoms in total. The maximum atomic E-state index is 12.3. The average molecular weight is 431 g/mol. The number of nitrogens with one attached hydrogen (secondary N) is 1. The van der Waals surface area contributed by atoms with Gasteiger partial charge >= 0.3 is 6.09 Å². The van der Waals surface area contributed by atoms with E-state index in [1.165, 1.54) is 0 Å². The minimum Gasteiger partial charge on any atom is -0.441 e. The summed E-state index contributed by atoms with van der Waals surface area (Å²) in [4.78, 5) is 28.6. The fourth-order valence-corrected chi connectivity index (χ4v) is 4.14. The van der Waals surface area contributed by atoms with Crippen molar-refractivity contribution in [1.82, 2.24) is 24.4 Å². The lowest BCUT2D eigenvalue weighted by Gasteiger charge is -2.37. The monoisotopic (exact) mass is 430 g/mol. The molecule has 2 fully saturated rings. The Morgan fingerprint density at radius 2 is 2.07 bits per heavy atom. The molecule has 3 aromatic heterocycles. The van der Waals surface area contributed by atoms with Crippen LogP contribution in [0.5, 0.6) is 0 Å². The number of carbonyl (C=O) groups excluding carboxylic acids is 1. The lowest BCUT2D eigenvalue weighted by Crippen LogP contribution is -2.51. The van der Waals surface area contributed by atoms with Crippen LogP contribution in [0, 0.1) is 6.92 Å². The number of anilines is 1. The highest BCUT2D eigenvalue weighted by molar-refractivity contribution is 6.39. The molecule has 5 heterocycles. The van der Waals surface area contributed by atoms with Crippen LogP contribution in [0.15, 0.2) is 18.5 Å². The first-order valence-electron chi connectivity index (χ1n) is 9.96. The number of imidazole rings is 1. The fraction of sp³-hybridized carbons (Fsp3) is 0.450. The SMILES string of the molecule is Cc1nc(-c2[nH]c3nccc(N4CCN(C(=O)OC5COC5)CC4)c3c2Cl)cn1C. The summed E-state index contributed by atoms with van der Waals surface area (Å²) in [5.74, 6) is 0.907. The number of pyridine rings is 1. The van der Waals surface area contributed by atoms with Crippen molar-refractivity contribution in [3.05, 3.63) is 29.3 Å². The maximum absolute atomic E-state index is 12.3. The zero-order valence-electron chi connectivity index (χ0n) is 16.9. The summed E-state index contributed by atoms with van der Waals surface area (Å²) in [7, 11) is 1.95. The van der Waals surface area contributed by atoms with E-state index in [4.69, 9.17) is 21.1 Å². The van der Waals surface area contributed by atoms with Gasteiger partial charge in [-0.15, -0.1) is 0 Å². The minimum absolute atomic E-state index is 0.109. The number of halogens is 1. The van der Waals surface area contributed by atoms with Crippen molar-refractivity contribution in [3.63, 3.8) is 0 Å². The van der Waals surface area contributed by atoms with Gasteiger partial charge in [-0.05, 0) is 13.0 Å². The van der Waals surface area contributed by atoms with Crippen molar-refractivity contribution in [1.29, 1.82) is 0 Å². The highest BCUT2D eigenvalue weighted by Crippen LogP contribution is 2.38. The average Bonchev–Trinajstić information content (AvgIpc) is 3.24. The van der Waals surface area contributed by atoms with E-state index in [0.29, 0.717) is 44.4 Å². The normalized spacial score (nSPS) is 17.4. The number of H-pyrrole nitrogens is 1. The third-order valence-corrected chi connectivity index (χ3v) is 6.11. The first-order chi connectivity index (χ1) is 14.5. The largest absolute Gasteiger partial charge is 0.441 e. The Labute approximate surface area is 178 Å². The van der Waals surface area contributed by atoms with Crippen LogP contribution < -0.4 is 4.90 Å². The number of aromatic amines is 1. The second-order valence-corrected chi connectivity index (χ2v) is 8.05. The lowest BCUT2D eigenvalue weighted by molar-refractivity contribution is -0.104. The summed E-state index contributed by atoms with van der Waals surface area (Å²) in [6.45, 7) is 5.49. The predicted octanol–water partition coefficient (Wildman–Crippen LogP) is 2.58. The Hall–Kier alpha value is -2.78. The first kappa shape index (κ1) is 19.2. The van der Waals surface area contributed by atoms with Gasteiger partial charge in [0.25, 0.3) is 0 Å². The Morgan fingerprint density at radius 1 is 1.30 bits per heavy atom. The van der Waals surface area contributed by atoms with Gasteiger partial charge in [-0.2, -0.15) is 0 Å². The number of piperazine rings is 1. The fourth-order valence-electron chi connectivity index (χ4n) is 3.81. The van der Waals surface area contributed by atoms with E-state index >= 15 is 0 Å². The zero-order chi connectivity index (χ0) is 20.8. The van der Waals surface area contributed by atoms with E-state index in [2.05, 4.69) is 19.9 Å². The molecule has 2 aliphatic rings. The van der Waals surface area contributed by atoms with Gasteiger partial charge in [0.05, 0.1) is 35.0 Å². The van der Waals surface area contributed by atoms with Crippen LogP contribution in [0.4, 0.5) is 10.5 Å². The van der Waals surface area contributed by atoms with Crippen LogP contribution >= 0.6 is 11.6 Å². The molecule has 0 unspecified atom stereocenters. The van der Waals surface area contributed by atoms with Gasteiger partial charge in [0.1, 0.15) is 17.2 Å². The number of carbonyl (C=O) groups is 1. The van der Waals surface area contributed by atoms with E-state index in [1.54, 1.807) is 11.1 Å². The molecule has 5 rings (SSSR count). The molecule has 0 atom stereocenters.